The van der Waals surface area contributed by atoms with Crippen molar-refractivity contribution < 1.29 is 14.3 Å². The Morgan fingerprint density at radius 2 is 1.94 bits per heavy atom. The summed E-state index contributed by atoms with van der Waals surface area (Å²) in [6.07, 6.45) is 1.16. The third-order valence-electron chi connectivity index (χ3n) is 2.46. The molecule has 0 fully saturated rings. The highest BCUT2D eigenvalue weighted by atomic mass is 79.9. The molecule has 0 atom stereocenters. The molecule has 1 aromatic carbocycles. The van der Waals surface area contributed by atoms with E-state index in [9.17, 15) is 4.79 Å². The number of benzene rings is 1. The maximum Gasteiger partial charge on any atom is 0.165 e. The zero-order chi connectivity index (χ0) is 12.3. The molecule has 0 radical (unpaired) electrons. The molecule has 0 saturated heterocycles. The van der Waals surface area contributed by atoms with E-state index in [-0.39, 0.29) is 5.78 Å². The molecule has 0 unspecified atom stereocenters. The first-order chi connectivity index (χ1) is 8.22. The normalized spacial score (nSPS) is 14.2. The summed E-state index contributed by atoms with van der Waals surface area (Å²) in [6, 6.07) is 3.50. The van der Waals surface area contributed by atoms with Gasteiger partial charge in [0.2, 0.25) is 0 Å². The zero-order valence-corrected chi connectivity index (χ0v) is 11.5. The van der Waals surface area contributed by atoms with Crippen molar-refractivity contribution in [2.24, 2.45) is 0 Å². The molecule has 0 saturated carbocycles. The first kappa shape index (κ1) is 12.7. The van der Waals surface area contributed by atoms with Gasteiger partial charge in [-0.05, 0) is 28.1 Å². The van der Waals surface area contributed by atoms with Crippen LogP contribution < -0.4 is 9.47 Å². The number of carbonyl (C=O) groups is 1. The average molecular weight is 320 g/mol. The Bertz CT molecular complexity index is 434. The summed E-state index contributed by atoms with van der Waals surface area (Å²) in [6.45, 7) is 1.24. The van der Waals surface area contributed by atoms with Gasteiger partial charge in [-0.1, -0.05) is 0 Å². The Morgan fingerprint density at radius 1 is 1.29 bits per heavy atom. The second-order valence-electron chi connectivity index (χ2n) is 3.69. The molecule has 0 N–H and O–H groups in total. The van der Waals surface area contributed by atoms with Gasteiger partial charge in [0, 0.05) is 28.8 Å². The van der Waals surface area contributed by atoms with Gasteiger partial charge in [-0.25, -0.2) is 0 Å². The highest BCUT2D eigenvalue weighted by molar-refractivity contribution is 9.10. The fourth-order valence-electron chi connectivity index (χ4n) is 1.62. The van der Waals surface area contributed by atoms with E-state index in [0.717, 1.165) is 10.9 Å². The highest BCUT2D eigenvalue weighted by Gasteiger charge is 2.17. The molecular weight excluding hydrogens is 307 g/mol. The van der Waals surface area contributed by atoms with E-state index >= 15 is 0 Å². The summed E-state index contributed by atoms with van der Waals surface area (Å²) in [5, 5.41) is 0. The number of hydrogen-bond acceptors (Lipinski definition) is 3. The Balaban J connectivity index is 2.35. The standard InChI is InChI=1S/C12H12BrClO3/c13-9-7-12-11(16-4-1-5-17-12)6-8(9)10(15)2-3-14/h6-7H,1-5H2. The molecule has 1 aliphatic heterocycles. The van der Waals surface area contributed by atoms with E-state index in [2.05, 4.69) is 15.9 Å². The number of carbonyl (C=O) groups excluding carboxylic acids is 1. The lowest BCUT2D eigenvalue weighted by Gasteiger charge is -2.10. The summed E-state index contributed by atoms with van der Waals surface area (Å²) in [5.41, 5.74) is 0.593. The SMILES string of the molecule is O=C(CCCl)c1cc2c(cc1Br)OCCCO2. The average Bonchev–Trinajstić information content (AvgIpc) is 2.52. The predicted molar refractivity (Wildman–Crippen MR) is 69.4 cm³/mol. The maximum atomic E-state index is 11.8. The fraction of sp³-hybridized carbons (Fsp3) is 0.417. The first-order valence-electron chi connectivity index (χ1n) is 5.40. The van der Waals surface area contributed by atoms with Gasteiger partial charge in [0.1, 0.15) is 0 Å². The highest BCUT2D eigenvalue weighted by Crippen LogP contribution is 2.35. The Kier molecular flexibility index (Phi) is 4.29. The van der Waals surface area contributed by atoms with E-state index < -0.39 is 0 Å². The van der Waals surface area contributed by atoms with Gasteiger partial charge in [0.25, 0.3) is 0 Å². The van der Waals surface area contributed by atoms with Crippen LogP contribution in [0.5, 0.6) is 11.5 Å². The molecule has 1 heterocycles. The largest absolute Gasteiger partial charge is 0.490 e. The van der Waals surface area contributed by atoms with Gasteiger partial charge >= 0.3 is 0 Å². The smallest absolute Gasteiger partial charge is 0.165 e. The van der Waals surface area contributed by atoms with E-state index in [4.69, 9.17) is 21.1 Å². The monoisotopic (exact) mass is 318 g/mol. The summed E-state index contributed by atoms with van der Waals surface area (Å²) in [4.78, 5) is 11.8. The topological polar surface area (TPSA) is 35.5 Å². The van der Waals surface area contributed by atoms with Crippen LogP contribution in [0.15, 0.2) is 16.6 Å². The van der Waals surface area contributed by atoms with Crippen LogP contribution in [0.3, 0.4) is 0 Å². The van der Waals surface area contributed by atoms with Crippen molar-refractivity contribution in [2.45, 2.75) is 12.8 Å². The number of fused-ring (bicyclic) bond motifs is 1. The number of alkyl halides is 1. The van der Waals surface area contributed by atoms with Crippen LogP contribution in [-0.4, -0.2) is 24.9 Å². The predicted octanol–water partition coefficient (Wildman–Crippen LogP) is 3.42. The molecule has 1 aromatic rings. The summed E-state index contributed by atoms with van der Waals surface area (Å²) in [5.74, 6) is 1.63. The van der Waals surface area contributed by atoms with Crippen LogP contribution in [0, 0.1) is 0 Å². The second kappa shape index (κ2) is 5.74. The number of ketones is 1. The van der Waals surface area contributed by atoms with Crippen molar-refractivity contribution in [1.82, 2.24) is 0 Å². The molecule has 1 aliphatic rings. The molecule has 0 amide bonds. The minimum atomic E-state index is 0.00234. The minimum absolute atomic E-state index is 0.00234. The van der Waals surface area contributed by atoms with Crippen molar-refractivity contribution in [2.75, 3.05) is 19.1 Å². The molecule has 2 rings (SSSR count). The summed E-state index contributed by atoms with van der Waals surface area (Å²) in [7, 11) is 0. The third kappa shape index (κ3) is 2.93. The molecule has 5 heteroatoms. The van der Waals surface area contributed by atoms with Crippen molar-refractivity contribution in [3.8, 4) is 11.5 Å². The van der Waals surface area contributed by atoms with Gasteiger partial charge in [-0.2, -0.15) is 0 Å². The van der Waals surface area contributed by atoms with Crippen molar-refractivity contribution in [3.63, 3.8) is 0 Å². The molecule has 0 bridgehead atoms. The van der Waals surface area contributed by atoms with Crippen molar-refractivity contribution in [3.05, 3.63) is 22.2 Å². The molecule has 0 aliphatic carbocycles. The van der Waals surface area contributed by atoms with Gasteiger partial charge in [0.15, 0.2) is 17.3 Å². The lowest BCUT2D eigenvalue weighted by Crippen LogP contribution is -2.02. The molecule has 17 heavy (non-hydrogen) atoms. The Labute approximate surface area is 113 Å². The van der Waals surface area contributed by atoms with Crippen LogP contribution in [0.1, 0.15) is 23.2 Å². The van der Waals surface area contributed by atoms with Crippen molar-refractivity contribution >= 4 is 33.3 Å². The van der Waals surface area contributed by atoms with Gasteiger partial charge in [-0.3, -0.25) is 4.79 Å². The van der Waals surface area contributed by atoms with Gasteiger partial charge in [-0.15, -0.1) is 11.6 Å². The maximum absolute atomic E-state index is 11.8. The second-order valence-corrected chi connectivity index (χ2v) is 4.92. The summed E-state index contributed by atoms with van der Waals surface area (Å²) >= 11 is 8.95. The number of halogens is 2. The Hall–Kier alpha value is -0.740. The number of hydrogen-bond donors (Lipinski definition) is 0. The number of Topliss-reactive ketones (excluding diaryl/α,β-unsaturated/α-hetero) is 1. The van der Waals surface area contributed by atoms with Crippen LogP contribution in [0.25, 0.3) is 0 Å². The lowest BCUT2D eigenvalue weighted by atomic mass is 10.1. The molecule has 0 aromatic heterocycles. The quantitative estimate of drug-likeness (QED) is 0.632. The van der Waals surface area contributed by atoms with E-state index in [1.807, 2.05) is 0 Å². The number of rotatable bonds is 3. The molecule has 3 nitrogen and oxygen atoms in total. The first-order valence-corrected chi connectivity index (χ1v) is 6.73. The van der Waals surface area contributed by atoms with Crippen LogP contribution in [-0.2, 0) is 0 Å². The minimum Gasteiger partial charge on any atom is -0.490 e. The van der Waals surface area contributed by atoms with Crippen LogP contribution >= 0.6 is 27.5 Å². The van der Waals surface area contributed by atoms with Crippen LogP contribution in [0.2, 0.25) is 0 Å². The van der Waals surface area contributed by atoms with Gasteiger partial charge < -0.3 is 9.47 Å². The molecule has 0 spiro atoms. The molecule has 92 valence electrons. The Morgan fingerprint density at radius 3 is 2.59 bits per heavy atom. The number of ether oxygens (including phenoxy) is 2. The van der Waals surface area contributed by atoms with Gasteiger partial charge in [0.05, 0.1) is 13.2 Å². The zero-order valence-electron chi connectivity index (χ0n) is 9.17. The third-order valence-corrected chi connectivity index (χ3v) is 3.30. The summed E-state index contributed by atoms with van der Waals surface area (Å²) < 4.78 is 11.8. The molecular formula is C12H12BrClO3. The fourth-order valence-corrected chi connectivity index (χ4v) is 2.33. The van der Waals surface area contributed by atoms with Crippen molar-refractivity contribution in [1.29, 1.82) is 0 Å². The van der Waals surface area contributed by atoms with E-state index in [1.165, 1.54) is 0 Å². The van der Waals surface area contributed by atoms with E-state index in [0.29, 0.717) is 42.6 Å². The van der Waals surface area contributed by atoms with E-state index in [1.54, 1.807) is 12.1 Å². The lowest BCUT2D eigenvalue weighted by molar-refractivity contribution is 0.0988. The van der Waals surface area contributed by atoms with Crippen LogP contribution in [0.4, 0.5) is 0 Å².